The van der Waals surface area contributed by atoms with Gasteiger partial charge < -0.3 is 20.7 Å². The van der Waals surface area contributed by atoms with Crippen LogP contribution in [0.4, 0.5) is 10.8 Å². The zero-order valence-electron chi connectivity index (χ0n) is 24.7. The Kier molecular flexibility index (Phi) is 11.0. The van der Waals surface area contributed by atoms with E-state index in [-0.39, 0.29) is 16.6 Å². The summed E-state index contributed by atoms with van der Waals surface area (Å²) in [7, 11) is 0. The molecule has 0 saturated heterocycles. The number of nitrogens with one attached hydrogen (secondary N) is 3. The van der Waals surface area contributed by atoms with Gasteiger partial charge in [-0.2, -0.15) is 0 Å². The smallest absolute Gasteiger partial charge is 0.272 e. The molecule has 5 aromatic rings. The van der Waals surface area contributed by atoms with Crippen LogP contribution in [0.1, 0.15) is 29.8 Å². The number of nitrogens with zero attached hydrogens (tertiary/aromatic N) is 1. The van der Waals surface area contributed by atoms with E-state index in [2.05, 4.69) is 20.9 Å². The number of ether oxygens (including phenoxy) is 1. The fourth-order valence-corrected chi connectivity index (χ4v) is 6.35. The summed E-state index contributed by atoms with van der Waals surface area (Å²) >= 11 is 15.3. The van der Waals surface area contributed by atoms with Crippen LogP contribution in [0.3, 0.4) is 0 Å². The minimum Gasteiger partial charge on any atom is -0.494 e. The lowest BCUT2D eigenvalue weighted by Crippen LogP contribution is -2.30. The molecule has 0 aliphatic heterocycles. The second-order valence-corrected chi connectivity index (χ2v) is 13.1. The number of fused-ring (bicyclic) bond motifs is 1. The molecule has 234 valence electrons. The number of halogens is 2. The first-order valence-corrected chi connectivity index (χ1v) is 16.6. The molecule has 12 heteroatoms. The van der Waals surface area contributed by atoms with Crippen molar-refractivity contribution in [3.05, 3.63) is 118 Å². The Morgan fingerprint density at radius 2 is 1.72 bits per heavy atom. The number of hydrogen-bond acceptors (Lipinski definition) is 7. The molecule has 8 nitrogen and oxygen atoms in total. The zero-order valence-corrected chi connectivity index (χ0v) is 27.8. The van der Waals surface area contributed by atoms with Gasteiger partial charge in [-0.25, -0.2) is 4.98 Å². The van der Waals surface area contributed by atoms with Crippen LogP contribution >= 0.6 is 46.3 Å². The number of amides is 3. The number of carbonyl (C=O) groups excluding carboxylic acids is 3. The summed E-state index contributed by atoms with van der Waals surface area (Å²) in [6.45, 7) is 4.30. The van der Waals surface area contributed by atoms with E-state index in [1.807, 2.05) is 32.0 Å². The highest BCUT2D eigenvalue weighted by molar-refractivity contribution is 8.00. The monoisotopic (exact) mass is 690 g/mol. The maximum atomic E-state index is 13.4. The molecule has 3 N–H and O–H groups in total. The molecule has 0 fully saturated rings. The van der Waals surface area contributed by atoms with E-state index in [0.29, 0.717) is 33.6 Å². The van der Waals surface area contributed by atoms with Crippen molar-refractivity contribution in [2.45, 2.75) is 24.0 Å². The first-order chi connectivity index (χ1) is 22.2. The standard InChI is InChI=1S/C34H28Cl2N4O4S2/c1-3-44-24-14-17-27-29(19-24)46-34(39-27)40-31(41)20(2)45-25-15-12-23(13-16-25)37-33(43)28(18-22-10-7-11-26(35)30(22)36)38-32(42)21-8-5-4-6-9-21/h4-20H,3H2,1-2H3,(H,37,43)(H,38,42)(H,39,40,41)/b28-18-. The van der Waals surface area contributed by atoms with Crippen molar-refractivity contribution in [2.24, 2.45) is 0 Å². The maximum absolute atomic E-state index is 13.4. The summed E-state index contributed by atoms with van der Waals surface area (Å²) in [5, 5.41) is 9.06. The van der Waals surface area contributed by atoms with E-state index in [9.17, 15) is 14.4 Å². The maximum Gasteiger partial charge on any atom is 0.272 e. The summed E-state index contributed by atoms with van der Waals surface area (Å²) in [4.78, 5) is 44.6. The Bertz CT molecular complexity index is 1910. The van der Waals surface area contributed by atoms with Gasteiger partial charge in [-0.3, -0.25) is 14.4 Å². The molecule has 1 unspecified atom stereocenters. The number of thioether (sulfide) groups is 1. The van der Waals surface area contributed by atoms with Gasteiger partial charge in [-0.15, -0.1) is 11.8 Å². The Hall–Kier alpha value is -4.35. The SMILES string of the molecule is CCOc1ccc2nc(NC(=O)C(C)Sc3ccc(NC(=O)/C(=C/c4cccc(Cl)c4Cl)NC(=O)c4ccccc4)cc3)sc2c1. The zero-order chi connectivity index (χ0) is 32.6. The molecule has 0 aliphatic rings. The highest BCUT2D eigenvalue weighted by atomic mass is 35.5. The molecule has 0 bridgehead atoms. The van der Waals surface area contributed by atoms with Gasteiger partial charge in [-0.05, 0) is 86.2 Å². The number of benzene rings is 4. The van der Waals surface area contributed by atoms with E-state index in [4.69, 9.17) is 27.9 Å². The van der Waals surface area contributed by atoms with Crippen LogP contribution in [0.5, 0.6) is 5.75 Å². The second kappa shape index (κ2) is 15.3. The Morgan fingerprint density at radius 1 is 0.957 bits per heavy atom. The quantitative estimate of drug-likeness (QED) is 0.0947. The minimum atomic E-state index is -0.558. The van der Waals surface area contributed by atoms with Crippen LogP contribution in [0.25, 0.3) is 16.3 Å². The molecule has 0 radical (unpaired) electrons. The molecule has 3 amide bonds. The van der Waals surface area contributed by atoms with Gasteiger partial charge in [-0.1, -0.05) is 64.9 Å². The molecule has 0 saturated carbocycles. The Labute approximate surface area is 284 Å². The molecule has 1 atom stereocenters. The summed E-state index contributed by atoms with van der Waals surface area (Å²) in [6.07, 6.45) is 1.47. The molecule has 1 aromatic heterocycles. The van der Waals surface area contributed by atoms with E-state index in [1.54, 1.807) is 72.8 Å². The minimum absolute atomic E-state index is 0.0225. The molecular weight excluding hydrogens is 663 g/mol. The van der Waals surface area contributed by atoms with Crippen LogP contribution < -0.4 is 20.7 Å². The first kappa shape index (κ1) is 33.0. The lowest BCUT2D eigenvalue weighted by atomic mass is 10.1. The van der Waals surface area contributed by atoms with Crippen molar-refractivity contribution >= 4 is 91.1 Å². The van der Waals surface area contributed by atoms with Crippen LogP contribution in [-0.2, 0) is 9.59 Å². The van der Waals surface area contributed by atoms with Crippen LogP contribution in [-0.4, -0.2) is 34.6 Å². The van der Waals surface area contributed by atoms with E-state index in [0.717, 1.165) is 20.9 Å². The van der Waals surface area contributed by atoms with E-state index >= 15 is 0 Å². The van der Waals surface area contributed by atoms with E-state index in [1.165, 1.54) is 29.2 Å². The molecular formula is C34H28Cl2N4O4S2. The van der Waals surface area contributed by atoms with Gasteiger partial charge in [0.1, 0.15) is 11.4 Å². The molecule has 4 aromatic carbocycles. The van der Waals surface area contributed by atoms with Crippen molar-refractivity contribution in [1.29, 1.82) is 0 Å². The van der Waals surface area contributed by atoms with Gasteiger partial charge in [0.25, 0.3) is 11.8 Å². The molecule has 0 spiro atoms. The van der Waals surface area contributed by atoms with Gasteiger partial charge >= 0.3 is 0 Å². The van der Waals surface area contributed by atoms with Crippen molar-refractivity contribution in [3.8, 4) is 5.75 Å². The van der Waals surface area contributed by atoms with Crippen LogP contribution in [0.15, 0.2) is 102 Å². The number of anilines is 2. The largest absolute Gasteiger partial charge is 0.494 e. The summed E-state index contributed by atoms with van der Waals surface area (Å²) < 4.78 is 6.47. The normalized spacial score (nSPS) is 12.0. The molecule has 5 rings (SSSR count). The third-order valence-electron chi connectivity index (χ3n) is 6.51. The molecule has 46 heavy (non-hydrogen) atoms. The molecule has 0 aliphatic carbocycles. The van der Waals surface area contributed by atoms with Crippen molar-refractivity contribution in [1.82, 2.24) is 10.3 Å². The number of thiazole rings is 1. The fraction of sp³-hybridized carbons (Fsp3) is 0.118. The summed E-state index contributed by atoms with van der Waals surface area (Å²) in [5.74, 6) is -0.442. The van der Waals surface area contributed by atoms with Gasteiger partial charge in [0, 0.05) is 16.1 Å². The van der Waals surface area contributed by atoms with Gasteiger partial charge in [0.2, 0.25) is 5.91 Å². The number of rotatable bonds is 11. The first-order valence-electron chi connectivity index (χ1n) is 14.1. The second-order valence-electron chi connectivity index (χ2n) is 9.83. The summed E-state index contributed by atoms with van der Waals surface area (Å²) in [6, 6.07) is 26.2. The third kappa shape index (κ3) is 8.46. The fourth-order valence-electron chi connectivity index (χ4n) is 4.22. The average molecular weight is 692 g/mol. The van der Waals surface area contributed by atoms with Gasteiger partial charge in [0.05, 0.1) is 32.1 Å². The average Bonchev–Trinajstić information content (AvgIpc) is 3.45. The third-order valence-corrected chi connectivity index (χ3v) is 9.38. The lowest BCUT2D eigenvalue weighted by Gasteiger charge is -2.13. The Morgan fingerprint density at radius 3 is 2.46 bits per heavy atom. The predicted octanol–water partition coefficient (Wildman–Crippen LogP) is 8.53. The molecule has 1 heterocycles. The van der Waals surface area contributed by atoms with Crippen molar-refractivity contribution in [3.63, 3.8) is 0 Å². The van der Waals surface area contributed by atoms with Crippen LogP contribution in [0.2, 0.25) is 10.0 Å². The van der Waals surface area contributed by atoms with Crippen LogP contribution in [0, 0.1) is 0 Å². The highest BCUT2D eigenvalue weighted by Crippen LogP contribution is 2.31. The number of carbonyl (C=O) groups is 3. The highest BCUT2D eigenvalue weighted by Gasteiger charge is 2.19. The lowest BCUT2D eigenvalue weighted by molar-refractivity contribution is -0.115. The van der Waals surface area contributed by atoms with Crippen molar-refractivity contribution in [2.75, 3.05) is 17.2 Å². The Balaban J connectivity index is 1.24. The number of aromatic nitrogens is 1. The predicted molar refractivity (Wildman–Crippen MR) is 188 cm³/mol. The topological polar surface area (TPSA) is 109 Å². The number of hydrogen-bond donors (Lipinski definition) is 3. The summed E-state index contributed by atoms with van der Waals surface area (Å²) in [5.41, 5.74) is 2.11. The van der Waals surface area contributed by atoms with E-state index < -0.39 is 17.1 Å². The van der Waals surface area contributed by atoms with Crippen molar-refractivity contribution < 1.29 is 19.1 Å². The van der Waals surface area contributed by atoms with Gasteiger partial charge in [0.15, 0.2) is 5.13 Å².